The van der Waals surface area contributed by atoms with E-state index >= 15 is 0 Å². The Hall–Kier alpha value is -4.78. The third kappa shape index (κ3) is 4.33. The van der Waals surface area contributed by atoms with Crippen LogP contribution in [0.5, 0.6) is 17.2 Å². The van der Waals surface area contributed by atoms with Crippen LogP contribution in [0, 0.1) is 0 Å². The van der Waals surface area contributed by atoms with E-state index in [2.05, 4.69) is 129 Å². The summed E-state index contributed by atoms with van der Waals surface area (Å²) in [4.78, 5) is 2.38. The van der Waals surface area contributed by atoms with Crippen LogP contribution in [0.15, 0.2) is 97.1 Å². The Morgan fingerprint density at radius 1 is 0.714 bits per heavy atom. The summed E-state index contributed by atoms with van der Waals surface area (Å²) in [6.45, 7) is 11.1. The van der Waals surface area contributed by atoms with Crippen molar-refractivity contribution >= 4 is 22.5 Å². The summed E-state index contributed by atoms with van der Waals surface area (Å²) in [5.41, 5.74) is 7.16. The summed E-state index contributed by atoms with van der Waals surface area (Å²) in [6, 6.07) is 32.4. The van der Waals surface area contributed by atoms with Gasteiger partial charge in [0.1, 0.15) is 24.6 Å². The van der Waals surface area contributed by atoms with E-state index < -0.39 is 11.2 Å². The molecule has 0 saturated carbocycles. The molecule has 49 heavy (non-hydrogen) atoms. The normalized spacial score (nSPS) is 23.3. The Balaban J connectivity index is 1.33. The number of hydrogen-bond acceptors (Lipinski definition) is 6. The SMILES string of the molecule is COC1(C)c2c3c(c4cc5c(cc4c2-c2ccccc2C1(C)C)OCCO5)OC(c1ccccc1)(c1ccc(N2CCOCC2)cc1)C=C3. The van der Waals surface area contributed by atoms with Crippen LogP contribution in [0.3, 0.4) is 0 Å². The molecule has 3 heterocycles. The minimum atomic E-state index is -0.877. The predicted molar refractivity (Wildman–Crippen MR) is 194 cm³/mol. The fourth-order valence-corrected chi connectivity index (χ4v) is 8.53. The smallest absolute Gasteiger partial charge is 0.178 e. The first-order valence-electron chi connectivity index (χ1n) is 17.3. The van der Waals surface area contributed by atoms with Gasteiger partial charge >= 0.3 is 0 Å². The van der Waals surface area contributed by atoms with E-state index in [0.717, 1.165) is 82.1 Å². The summed E-state index contributed by atoms with van der Waals surface area (Å²) < 4.78 is 32.2. The van der Waals surface area contributed by atoms with E-state index in [1.807, 2.05) is 7.11 Å². The molecule has 5 aromatic rings. The lowest BCUT2D eigenvalue weighted by molar-refractivity contribution is -0.0572. The van der Waals surface area contributed by atoms with Gasteiger partial charge in [0.2, 0.25) is 0 Å². The zero-order valence-electron chi connectivity index (χ0n) is 28.5. The first-order chi connectivity index (χ1) is 23.9. The molecule has 1 aliphatic carbocycles. The number of nitrogens with zero attached hydrogens (tertiary/aromatic N) is 1. The molecule has 6 nitrogen and oxygen atoms in total. The number of anilines is 1. The van der Waals surface area contributed by atoms with E-state index in [0.29, 0.717) is 13.2 Å². The van der Waals surface area contributed by atoms with Crippen LogP contribution in [-0.2, 0) is 26.1 Å². The van der Waals surface area contributed by atoms with Crippen LogP contribution in [0.2, 0.25) is 0 Å². The Morgan fingerprint density at radius 3 is 2.08 bits per heavy atom. The van der Waals surface area contributed by atoms with Gasteiger partial charge in [-0.1, -0.05) is 86.7 Å². The Labute approximate surface area is 287 Å². The second-order valence-corrected chi connectivity index (χ2v) is 14.1. The molecule has 0 aromatic heterocycles. The third-order valence-electron chi connectivity index (χ3n) is 11.5. The van der Waals surface area contributed by atoms with E-state index in [9.17, 15) is 0 Å². The lowest BCUT2D eigenvalue weighted by atomic mass is 9.59. The lowest BCUT2D eigenvalue weighted by Gasteiger charge is -2.51. The molecule has 1 saturated heterocycles. The molecule has 2 unspecified atom stereocenters. The van der Waals surface area contributed by atoms with Crippen LogP contribution in [0.25, 0.3) is 28.0 Å². The van der Waals surface area contributed by atoms with E-state index in [1.165, 1.54) is 16.8 Å². The minimum Gasteiger partial charge on any atom is -0.486 e. The van der Waals surface area contributed by atoms with E-state index in [1.54, 1.807) is 0 Å². The second-order valence-electron chi connectivity index (χ2n) is 14.1. The Kier molecular flexibility index (Phi) is 6.88. The molecule has 9 rings (SSSR count). The van der Waals surface area contributed by atoms with Gasteiger partial charge in [0, 0.05) is 58.9 Å². The summed E-state index contributed by atoms with van der Waals surface area (Å²) in [7, 11) is 1.83. The summed E-state index contributed by atoms with van der Waals surface area (Å²) in [5, 5.41) is 2.05. The first-order valence-corrected chi connectivity index (χ1v) is 17.3. The van der Waals surface area contributed by atoms with Crippen molar-refractivity contribution in [3.63, 3.8) is 0 Å². The zero-order valence-corrected chi connectivity index (χ0v) is 28.5. The Morgan fingerprint density at radius 2 is 1.37 bits per heavy atom. The van der Waals surface area contributed by atoms with Crippen LogP contribution < -0.4 is 19.1 Å². The van der Waals surface area contributed by atoms with Gasteiger partial charge < -0.3 is 28.6 Å². The molecule has 0 bridgehead atoms. The van der Waals surface area contributed by atoms with E-state index in [4.69, 9.17) is 23.7 Å². The fraction of sp³-hybridized carbons (Fsp3) is 0.302. The highest BCUT2D eigenvalue weighted by Crippen LogP contribution is 2.61. The maximum absolute atomic E-state index is 7.57. The molecule has 0 amide bonds. The van der Waals surface area contributed by atoms with Crippen molar-refractivity contribution in [2.24, 2.45) is 0 Å². The summed E-state index contributed by atoms with van der Waals surface area (Å²) in [6.07, 6.45) is 4.51. The molecule has 248 valence electrons. The summed E-state index contributed by atoms with van der Waals surface area (Å²) in [5.74, 6) is 2.30. The topological polar surface area (TPSA) is 49.4 Å². The van der Waals surface area contributed by atoms with Crippen molar-refractivity contribution in [2.45, 2.75) is 37.4 Å². The van der Waals surface area contributed by atoms with Crippen LogP contribution >= 0.6 is 0 Å². The van der Waals surface area contributed by atoms with Crippen LogP contribution in [0.1, 0.15) is 48.6 Å². The van der Waals surface area contributed by atoms with E-state index in [-0.39, 0.29) is 5.41 Å². The van der Waals surface area contributed by atoms with Gasteiger partial charge in [-0.05, 0) is 59.3 Å². The standard InChI is InChI=1S/C43H41NO5/c1-41(2)35-13-9-8-12-31(35)38-33-26-36-37(48-25-24-47-36)27-34(33)40-32(39(38)42(41,3)45-4)18-19-43(49-40,28-10-6-5-7-11-28)29-14-16-30(17-15-29)44-20-22-46-23-21-44/h5-19,26-27H,20-25H2,1-4H3. The largest absolute Gasteiger partial charge is 0.486 e. The highest BCUT2D eigenvalue weighted by molar-refractivity contribution is 6.08. The highest BCUT2D eigenvalue weighted by Gasteiger charge is 2.53. The van der Waals surface area contributed by atoms with Gasteiger partial charge in [0.15, 0.2) is 17.1 Å². The fourth-order valence-electron chi connectivity index (χ4n) is 8.53. The quantitative estimate of drug-likeness (QED) is 0.194. The number of methoxy groups -OCH3 is 1. The molecule has 5 aromatic carbocycles. The third-order valence-corrected chi connectivity index (χ3v) is 11.5. The molecule has 0 spiro atoms. The number of ether oxygens (including phenoxy) is 5. The highest BCUT2D eigenvalue weighted by atomic mass is 16.6. The predicted octanol–water partition coefficient (Wildman–Crippen LogP) is 8.62. The van der Waals surface area contributed by atoms with Gasteiger partial charge in [0.05, 0.1) is 13.2 Å². The van der Waals surface area contributed by atoms with Gasteiger partial charge in [0.25, 0.3) is 0 Å². The van der Waals surface area contributed by atoms with Crippen molar-refractivity contribution < 1.29 is 23.7 Å². The number of benzene rings is 5. The summed E-state index contributed by atoms with van der Waals surface area (Å²) >= 11 is 0. The lowest BCUT2D eigenvalue weighted by Crippen LogP contribution is -2.48. The number of hydrogen-bond donors (Lipinski definition) is 0. The number of fused-ring (bicyclic) bond motifs is 9. The minimum absolute atomic E-state index is 0.349. The molecule has 0 radical (unpaired) electrons. The van der Waals surface area contributed by atoms with Crippen molar-refractivity contribution in [3.8, 4) is 28.4 Å². The first kappa shape index (κ1) is 30.3. The van der Waals surface area contributed by atoms with Crippen molar-refractivity contribution in [3.05, 3.63) is 125 Å². The molecule has 6 heteroatoms. The average Bonchev–Trinajstić information content (AvgIpc) is 3.16. The Bertz CT molecular complexity index is 2120. The molecule has 2 atom stereocenters. The van der Waals surface area contributed by atoms with Crippen molar-refractivity contribution in [2.75, 3.05) is 51.5 Å². The van der Waals surface area contributed by atoms with Gasteiger partial charge in [-0.2, -0.15) is 0 Å². The number of rotatable bonds is 4. The molecular weight excluding hydrogens is 610 g/mol. The van der Waals surface area contributed by atoms with Crippen LogP contribution in [-0.4, -0.2) is 46.6 Å². The van der Waals surface area contributed by atoms with Crippen molar-refractivity contribution in [1.29, 1.82) is 0 Å². The van der Waals surface area contributed by atoms with Crippen LogP contribution in [0.4, 0.5) is 5.69 Å². The van der Waals surface area contributed by atoms with Crippen molar-refractivity contribution in [1.82, 2.24) is 0 Å². The maximum Gasteiger partial charge on any atom is 0.178 e. The molecule has 0 N–H and O–H groups in total. The second kappa shape index (κ2) is 11.1. The van der Waals surface area contributed by atoms with Gasteiger partial charge in [-0.15, -0.1) is 0 Å². The monoisotopic (exact) mass is 651 g/mol. The number of morpholine rings is 1. The molecule has 3 aliphatic heterocycles. The average molecular weight is 652 g/mol. The zero-order chi connectivity index (χ0) is 33.4. The molecule has 1 fully saturated rings. The molecular formula is C43H41NO5. The molecule has 4 aliphatic rings. The van der Waals surface area contributed by atoms with Gasteiger partial charge in [-0.3, -0.25) is 0 Å². The van der Waals surface area contributed by atoms with Gasteiger partial charge in [-0.25, -0.2) is 0 Å². The maximum atomic E-state index is 7.57.